The van der Waals surface area contributed by atoms with Crippen LogP contribution in [0.4, 0.5) is 0 Å². The van der Waals surface area contributed by atoms with Crippen molar-refractivity contribution in [3.8, 4) is 0 Å². The zero-order valence-electron chi connectivity index (χ0n) is 16.8. The number of nitrogens with zero attached hydrogens (tertiary/aromatic N) is 1. The van der Waals surface area contributed by atoms with Gasteiger partial charge < -0.3 is 34.2 Å². The summed E-state index contributed by atoms with van der Waals surface area (Å²) in [6, 6.07) is 2.52. The molecule has 2 rings (SSSR count). The van der Waals surface area contributed by atoms with Crippen LogP contribution in [-0.4, -0.2) is 54.8 Å². The van der Waals surface area contributed by atoms with Crippen molar-refractivity contribution in [2.45, 2.75) is 33.5 Å². The van der Waals surface area contributed by atoms with Gasteiger partial charge in [-0.25, -0.2) is 9.59 Å². The van der Waals surface area contributed by atoms with E-state index in [-0.39, 0.29) is 39.0 Å². The van der Waals surface area contributed by atoms with E-state index in [1.165, 1.54) is 6.26 Å². The number of esters is 2. The Morgan fingerprint density at radius 1 is 1.24 bits per heavy atom. The van der Waals surface area contributed by atoms with Gasteiger partial charge in [-0.2, -0.15) is 0 Å². The van der Waals surface area contributed by atoms with Gasteiger partial charge in [-0.05, 0) is 12.8 Å². The quantitative estimate of drug-likeness (QED) is 0.415. The number of furan rings is 1. The van der Waals surface area contributed by atoms with Crippen molar-refractivity contribution < 1.29 is 33.0 Å². The predicted molar refractivity (Wildman–Crippen MR) is 103 cm³/mol. The average Bonchev–Trinajstić information content (AvgIpc) is 3.27. The summed E-state index contributed by atoms with van der Waals surface area (Å²) in [6.45, 7) is 5.48. The lowest BCUT2D eigenvalue weighted by Crippen LogP contribution is -2.47. The van der Waals surface area contributed by atoms with E-state index >= 15 is 0 Å². The van der Waals surface area contributed by atoms with Gasteiger partial charge in [0.1, 0.15) is 25.1 Å². The fraction of sp³-hybridized carbons (Fsp3) is 0.526. The maximum atomic E-state index is 12.2. The lowest BCUT2D eigenvalue weighted by molar-refractivity contribution is -0.150. The Balaban J connectivity index is 1.88. The number of nitrogens with two attached hydrogens (primary N) is 1. The molecule has 10 heteroatoms. The molecule has 2 aromatic rings. The number of ether oxygens (including phenoxy) is 3. The number of hydrogen-bond donors (Lipinski definition) is 2. The molecule has 1 atom stereocenters. The molecule has 1 amide bonds. The van der Waals surface area contributed by atoms with Crippen LogP contribution in [-0.2, 0) is 30.5 Å². The summed E-state index contributed by atoms with van der Waals surface area (Å²) in [4.78, 5) is 35.7. The first-order chi connectivity index (χ1) is 13.9. The highest BCUT2D eigenvalue weighted by atomic mass is 16.6. The van der Waals surface area contributed by atoms with Crippen LogP contribution in [0.5, 0.6) is 0 Å². The molecule has 0 spiro atoms. The number of hydrogen-bond acceptors (Lipinski definition) is 8. The highest BCUT2D eigenvalue weighted by Gasteiger charge is 2.25. The first-order valence-electron chi connectivity index (χ1n) is 9.36. The standard InChI is InChI=1S/C19H27N3O7/c1-4-27-18(24)14-9-15-13(5-6-28-15)22(14)11-26-7-8-29-19(25)17(12(2)3)21-16(23)10-20/h5-6,9,12,17H,4,7-8,10-11,20H2,1-3H3,(H,21,23). The molecule has 0 saturated carbocycles. The molecule has 2 heterocycles. The first kappa shape index (κ1) is 22.4. The van der Waals surface area contributed by atoms with Crippen molar-refractivity contribution in [1.82, 2.24) is 9.88 Å². The number of aromatic nitrogens is 1. The van der Waals surface area contributed by atoms with Gasteiger partial charge in [0.05, 0.1) is 31.5 Å². The number of fused-ring (bicyclic) bond motifs is 1. The average molecular weight is 409 g/mol. The number of carbonyl (C=O) groups is 3. The zero-order chi connectivity index (χ0) is 21.4. The summed E-state index contributed by atoms with van der Waals surface area (Å²) < 4.78 is 22.7. The van der Waals surface area contributed by atoms with Gasteiger partial charge in [0, 0.05) is 12.1 Å². The van der Waals surface area contributed by atoms with Gasteiger partial charge in [-0.1, -0.05) is 13.8 Å². The van der Waals surface area contributed by atoms with Crippen LogP contribution < -0.4 is 11.1 Å². The Kier molecular flexibility index (Phi) is 8.22. The van der Waals surface area contributed by atoms with Crippen LogP contribution in [0.3, 0.4) is 0 Å². The van der Waals surface area contributed by atoms with Gasteiger partial charge in [0.15, 0.2) is 5.58 Å². The lowest BCUT2D eigenvalue weighted by Gasteiger charge is -2.20. The molecule has 10 nitrogen and oxygen atoms in total. The molecule has 3 N–H and O–H groups in total. The molecule has 160 valence electrons. The van der Waals surface area contributed by atoms with E-state index in [4.69, 9.17) is 24.4 Å². The van der Waals surface area contributed by atoms with Crippen LogP contribution in [0.25, 0.3) is 11.1 Å². The van der Waals surface area contributed by atoms with Crippen molar-refractivity contribution in [1.29, 1.82) is 0 Å². The first-order valence-corrected chi connectivity index (χ1v) is 9.36. The summed E-state index contributed by atoms with van der Waals surface area (Å²) in [6.07, 6.45) is 1.51. The molecule has 0 saturated heterocycles. The topological polar surface area (TPSA) is 135 Å². The molecule has 0 aliphatic rings. The van der Waals surface area contributed by atoms with Gasteiger partial charge in [0.25, 0.3) is 0 Å². The van der Waals surface area contributed by atoms with Gasteiger partial charge in [-0.15, -0.1) is 0 Å². The van der Waals surface area contributed by atoms with Gasteiger partial charge >= 0.3 is 11.9 Å². The third-order valence-electron chi connectivity index (χ3n) is 4.12. The maximum Gasteiger partial charge on any atom is 0.355 e. The number of amides is 1. The predicted octanol–water partition coefficient (Wildman–Crippen LogP) is 1.03. The summed E-state index contributed by atoms with van der Waals surface area (Å²) in [5.41, 5.74) is 6.80. The third-order valence-corrected chi connectivity index (χ3v) is 4.12. The van der Waals surface area contributed by atoms with E-state index in [2.05, 4.69) is 5.32 Å². The molecular formula is C19H27N3O7. The monoisotopic (exact) mass is 409 g/mol. The maximum absolute atomic E-state index is 12.2. The normalized spacial score (nSPS) is 12.2. The molecule has 0 bridgehead atoms. The fourth-order valence-corrected chi connectivity index (χ4v) is 2.67. The Morgan fingerprint density at radius 2 is 2.00 bits per heavy atom. The molecule has 0 radical (unpaired) electrons. The highest BCUT2D eigenvalue weighted by molar-refractivity contribution is 5.94. The third kappa shape index (κ3) is 5.81. The van der Waals surface area contributed by atoms with Crippen molar-refractivity contribution in [2.75, 3.05) is 26.4 Å². The SMILES string of the molecule is CCOC(=O)c1cc2occc2n1COCCOC(=O)C(NC(=O)CN)C(C)C. The van der Waals surface area contributed by atoms with E-state index in [1.807, 2.05) is 0 Å². The fourth-order valence-electron chi connectivity index (χ4n) is 2.67. The van der Waals surface area contributed by atoms with Gasteiger partial charge in [0.2, 0.25) is 5.91 Å². The van der Waals surface area contributed by atoms with Crippen LogP contribution in [0, 0.1) is 5.92 Å². The highest BCUT2D eigenvalue weighted by Crippen LogP contribution is 2.22. The minimum absolute atomic E-state index is 0.00884. The summed E-state index contributed by atoms with van der Waals surface area (Å²) >= 11 is 0. The van der Waals surface area contributed by atoms with E-state index in [9.17, 15) is 14.4 Å². The lowest BCUT2D eigenvalue weighted by atomic mass is 10.0. The molecule has 0 fully saturated rings. The molecule has 0 aliphatic heterocycles. The second-order valence-corrected chi connectivity index (χ2v) is 6.55. The minimum atomic E-state index is -0.781. The van der Waals surface area contributed by atoms with E-state index in [1.54, 1.807) is 37.5 Å². The number of nitrogens with one attached hydrogen (secondary N) is 1. The largest absolute Gasteiger partial charge is 0.463 e. The van der Waals surface area contributed by atoms with Crippen molar-refractivity contribution >= 4 is 28.9 Å². The smallest absolute Gasteiger partial charge is 0.355 e. The Morgan fingerprint density at radius 3 is 2.66 bits per heavy atom. The van der Waals surface area contributed by atoms with Crippen LogP contribution in [0.2, 0.25) is 0 Å². The second-order valence-electron chi connectivity index (χ2n) is 6.55. The minimum Gasteiger partial charge on any atom is -0.463 e. The van der Waals surface area contributed by atoms with Crippen molar-refractivity contribution in [3.63, 3.8) is 0 Å². The molecule has 0 aromatic carbocycles. The van der Waals surface area contributed by atoms with Crippen molar-refractivity contribution in [2.24, 2.45) is 11.7 Å². The van der Waals surface area contributed by atoms with E-state index in [0.717, 1.165) is 0 Å². The van der Waals surface area contributed by atoms with Gasteiger partial charge in [-0.3, -0.25) is 4.79 Å². The van der Waals surface area contributed by atoms with E-state index < -0.39 is 23.9 Å². The molecule has 0 aliphatic carbocycles. The molecule has 29 heavy (non-hydrogen) atoms. The Bertz CT molecular complexity index is 840. The van der Waals surface area contributed by atoms with E-state index in [0.29, 0.717) is 16.8 Å². The molecule has 2 aromatic heterocycles. The van der Waals surface area contributed by atoms with Crippen LogP contribution in [0.1, 0.15) is 31.3 Å². The summed E-state index contributed by atoms with van der Waals surface area (Å²) in [7, 11) is 0. The van der Waals surface area contributed by atoms with Crippen LogP contribution >= 0.6 is 0 Å². The molecular weight excluding hydrogens is 382 g/mol. The number of rotatable bonds is 11. The van der Waals surface area contributed by atoms with Crippen molar-refractivity contribution in [3.05, 3.63) is 24.1 Å². The molecule has 1 unspecified atom stereocenters. The number of carbonyl (C=O) groups excluding carboxylic acids is 3. The Hall–Kier alpha value is -2.85. The van der Waals surface area contributed by atoms with Crippen LogP contribution in [0.15, 0.2) is 22.8 Å². The Labute approximate surface area is 168 Å². The zero-order valence-corrected chi connectivity index (χ0v) is 16.8. The summed E-state index contributed by atoms with van der Waals surface area (Å²) in [5.74, 6) is -1.62. The summed E-state index contributed by atoms with van der Waals surface area (Å²) in [5, 5.41) is 2.53. The second kappa shape index (κ2) is 10.6.